The Morgan fingerprint density at radius 1 is 1.37 bits per heavy atom. The molecule has 1 saturated carbocycles. The first-order valence-corrected chi connectivity index (χ1v) is 7.10. The number of rotatable bonds is 3. The number of aromatic carboxylic acids is 1. The summed E-state index contributed by atoms with van der Waals surface area (Å²) in [4.78, 5) is 16.5. The van der Waals surface area contributed by atoms with Crippen LogP contribution in [0.25, 0.3) is 10.4 Å². The van der Waals surface area contributed by atoms with Crippen LogP contribution in [0, 0.1) is 5.41 Å². The van der Waals surface area contributed by atoms with Crippen molar-refractivity contribution in [2.75, 3.05) is 0 Å². The molecule has 0 bridgehead atoms. The molecule has 98 valence electrons. The Morgan fingerprint density at radius 2 is 2.00 bits per heavy atom. The monoisotopic (exact) mass is 273 g/mol. The lowest BCUT2D eigenvalue weighted by atomic mass is 10.1. The van der Waals surface area contributed by atoms with Crippen LogP contribution in [0.15, 0.2) is 30.3 Å². The second-order valence-electron chi connectivity index (χ2n) is 5.65. The number of nitrogens with zero attached hydrogens (tertiary/aromatic N) is 1. The van der Waals surface area contributed by atoms with Gasteiger partial charge in [-0.1, -0.05) is 44.2 Å². The Bertz CT molecular complexity index is 631. The quantitative estimate of drug-likeness (QED) is 0.918. The molecule has 1 aromatic heterocycles. The maximum absolute atomic E-state index is 11.4. The van der Waals surface area contributed by atoms with Gasteiger partial charge in [-0.3, -0.25) is 0 Å². The molecule has 1 heterocycles. The SMILES string of the molecule is CC1(C)CC1c1nc(C(=O)O)c(-c2ccccc2)s1. The first kappa shape index (κ1) is 12.4. The zero-order valence-electron chi connectivity index (χ0n) is 10.9. The van der Waals surface area contributed by atoms with Gasteiger partial charge in [0.1, 0.15) is 0 Å². The van der Waals surface area contributed by atoms with Crippen molar-refractivity contribution in [3.63, 3.8) is 0 Å². The van der Waals surface area contributed by atoms with Crippen molar-refractivity contribution in [1.29, 1.82) is 0 Å². The molecule has 3 rings (SSSR count). The highest BCUT2D eigenvalue weighted by Gasteiger charge is 2.48. The van der Waals surface area contributed by atoms with Gasteiger partial charge in [-0.2, -0.15) is 0 Å². The van der Waals surface area contributed by atoms with Gasteiger partial charge >= 0.3 is 5.97 Å². The van der Waals surface area contributed by atoms with E-state index in [9.17, 15) is 9.90 Å². The Balaban J connectivity index is 2.06. The molecule has 1 aliphatic carbocycles. The van der Waals surface area contributed by atoms with Gasteiger partial charge in [-0.15, -0.1) is 11.3 Å². The topological polar surface area (TPSA) is 50.2 Å². The molecule has 0 spiro atoms. The van der Waals surface area contributed by atoms with E-state index in [0.29, 0.717) is 5.92 Å². The minimum absolute atomic E-state index is 0.189. The van der Waals surface area contributed by atoms with Crippen molar-refractivity contribution < 1.29 is 9.90 Å². The molecule has 1 fully saturated rings. The third-order valence-corrected chi connectivity index (χ3v) is 4.91. The molecule has 0 radical (unpaired) electrons. The standard InChI is InChI=1S/C15H15NO2S/c1-15(2)8-10(15)13-16-11(14(17)18)12(19-13)9-6-4-3-5-7-9/h3-7,10H,8H2,1-2H3,(H,17,18). The average Bonchev–Trinajstić information content (AvgIpc) is 2.85. The van der Waals surface area contributed by atoms with Gasteiger partial charge in [0.25, 0.3) is 0 Å². The van der Waals surface area contributed by atoms with Crippen LogP contribution in [0.1, 0.15) is 41.7 Å². The number of thiazole rings is 1. The van der Waals surface area contributed by atoms with Crippen LogP contribution in [0.5, 0.6) is 0 Å². The fourth-order valence-corrected chi connectivity index (χ4v) is 3.68. The number of hydrogen-bond donors (Lipinski definition) is 1. The van der Waals surface area contributed by atoms with E-state index in [-0.39, 0.29) is 11.1 Å². The van der Waals surface area contributed by atoms with Crippen LogP contribution >= 0.6 is 11.3 Å². The molecular weight excluding hydrogens is 258 g/mol. The summed E-state index contributed by atoms with van der Waals surface area (Å²) in [5.74, 6) is -0.534. The Morgan fingerprint density at radius 3 is 2.53 bits per heavy atom. The van der Waals surface area contributed by atoms with Crippen LogP contribution in [-0.4, -0.2) is 16.1 Å². The maximum Gasteiger partial charge on any atom is 0.356 e. The predicted molar refractivity (Wildman–Crippen MR) is 75.6 cm³/mol. The predicted octanol–water partition coefficient (Wildman–Crippen LogP) is 4.02. The largest absolute Gasteiger partial charge is 0.476 e. The van der Waals surface area contributed by atoms with E-state index in [1.165, 1.54) is 11.3 Å². The summed E-state index contributed by atoms with van der Waals surface area (Å²) >= 11 is 1.52. The van der Waals surface area contributed by atoms with Crippen molar-refractivity contribution in [2.24, 2.45) is 5.41 Å². The van der Waals surface area contributed by atoms with E-state index in [4.69, 9.17) is 0 Å². The minimum atomic E-state index is -0.945. The van der Waals surface area contributed by atoms with E-state index in [0.717, 1.165) is 21.9 Å². The first-order valence-electron chi connectivity index (χ1n) is 6.28. The lowest BCUT2D eigenvalue weighted by Gasteiger charge is -1.98. The molecule has 1 N–H and O–H groups in total. The number of benzene rings is 1. The molecular formula is C15H15NO2S. The minimum Gasteiger partial charge on any atom is -0.476 e. The van der Waals surface area contributed by atoms with Crippen LogP contribution in [-0.2, 0) is 0 Å². The lowest BCUT2D eigenvalue weighted by Crippen LogP contribution is -1.99. The highest BCUT2D eigenvalue weighted by molar-refractivity contribution is 7.15. The van der Waals surface area contributed by atoms with Crippen LogP contribution in [0.4, 0.5) is 0 Å². The van der Waals surface area contributed by atoms with E-state index in [2.05, 4.69) is 18.8 Å². The summed E-state index contributed by atoms with van der Waals surface area (Å²) in [6, 6.07) is 9.63. The van der Waals surface area contributed by atoms with E-state index in [1.54, 1.807) is 0 Å². The Labute approximate surface area is 115 Å². The fraction of sp³-hybridized carbons (Fsp3) is 0.333. The molecule has 2 aromatic rings. The second-order valence-corrected chi connectivity index (χ2v) is 6.68. The van der Waals surface area contributed by atoms with Gasteiger partial charge in [0.15, 0.2) is 5.69 Å². The highest BCUT2D eigenvalue weighted by Crippen LogP contribution is 2.59. The molecule has 0 saturated heterocycles. The second kappa shape index (κ2) is 4.17. The van der Waals surface area contributed by atoms with Crippen LogP contribution < -0.4 is 0 Å². The Kier molecular flexibility index (Phi) is 2.71. The first-order chi connectivity index (χ1) is 8.99. The molecule has 0 amide bonds. The fourth-order valence-electron chi connectivity index (χ4n) is 2.30. The molecule has 3 nitrogen and oxygen atoms in total. The molecule has 0 aliphatic heterocycles. The molecule has 4 heteroatoms. The van der Waals surface area contributed by atoms with Crippen molar-refractivity contribution >= 4 is 17.3 Å². The van der Waals surface area contributed by atoms with Gasteiger partial charge in [0.2, 0.25) is 0 Å². The maximum atomic E-state index is 11.4. The summed E-state index contributed by atoms with van der Waals surface area (Å²) in [5.41, 5.74) is 1.39. The van der Waals surface area contributed by atoms with Gasteiger partial charge < -0.3 is 5.11 Å². The molecule has 19 heavy (non-hydrogen) atoms. The Hall–Kier alpha value is -1.68. The van der Waals surface area contributed by atoms with E-state index < -0.39 is 5.97 Å². The number of carboxylic acids is 1. The van der Waals surface area contributed by atoms with Crippen molar-refractivity contribution in [3.8, 4) is 10.4 Å². The van der Waals surface area contributed by atoms with Crippen molar-refractivity contribution in [2.45, 2.75) is 26.2 Å². The van der Waals surface area contributed by atoms with Gasteiger partial charge in [0, 0.05) is 5.92 Å². The third kappa shape index (κ3) is 2.16. The van der Waals surface area contributed by atoms with E-state index in [1.807, 2.05) is 30.3 Å². The molecule has 1 aromatic carbocycles. The van der Waals surface area contributed by atoms with Crippen molar-refractivity contribution in [3.05, 3.63) is 41.0 Å². The number of aromatic nitrogens is 1. The number of carbonyl (C=O) groups is 1. The number of hydrogen-bond acceptors (Lipinski definition) is 3. The third-order valence-electron chi connectivity index (χ3n) is 3.69. The summed E-state index contributed by atoms with van der Waals surface area (Å²) < 4.78 is 0. The van der Waals surface area contributed by atoms with Gasteiger partial charge in [-0.05, 0) is 17.4 Å². The van der Waals surface area contributed by atoms with Crippen molar-refractivity contribution in [1.82, 2.24) is 4.98 Å². The molecule has 1 aliphatic rings. The average molecular weight is 273 g/mol. The summed E-state index contributed by atoms with van der Waals surface area (Å²) in [6.07, 6.45) is 1.09. The molecule has 1 unspecified atom stereocenters. The van der Waals surface area contributed by atoms with E-state index >= 15 is 0 Å². The number of carboxylic acid groups (broad SMARTS) is 1. The summed E-state index contributed by atoms with van der Waals surface area (Å²) in [7, 11) is 0. The van der Waals surface area contributed by atoms with Gasteiger partial charge in [0.05, 0.1) is 9.88 Å². The highest BCUT2D eigenvalue weighted by atomic mass is 32.1. The zero-order valence-corrected chi connectivity index (χ0v) is 11.7. The van der Waals surface area contributed by atoms with Crippen LogP contribution in [0.3, 0.4) is 0 Å². The summed E-state index contributed by atoms with van der Waals surface area (Å²) in [6.45, 7) is 4.39. The normalized spacial score (nSPS) is 20.2. The smallest absolute Gasteiger partial charge is 0.356 e. The summed E-state index contributed by atoms with van der Waals surface area (Å²) in [5, 5.41) is 10.3. The van der Waals surface area contributed by atoms with Crippen LogP contribution in [0.2, 0.25) is 0 Å². The zero-order chi connectivity index (χ0) is 13.6. The lowest BCUT2D eigenvalue weighted by molar-refractivity contribution is 0.0692. The van der Waals surface area contributed by atoms with Gasteiger partial charge in [-0.25, -0.2) is 9.78 Å². The molecule has 1 atom stereocenters.